The maximum Gasteiger partial charge on any atom is 0.338 e. The van der Waals surface area contributed by atoms with E-state index >= 15 is 0 Å². The second-order valence-electron chi connectivity index (χ2n) is 10.5. The van der Waals surface area contributed by atoms with Crippen LogP contribution in [0.4, 0.5) is 0 Å². The number of esters is 4. The van der Waals surface area contributed by atoms with Crippen molar-refractivity contribution in [2.75, 3.05) is 6.61 Å². The predicted molar refractivity (Wildman–Crippen MR) is 171 cm³/mol. The zero-order valence-corrected chi connectivity index (χ0v) is 25.3. The highest BCUT2D eigenvalue weighted by Crippen LogP contribution is 2.31. The molecule has 228 valence electrons. The van der Waals surface area contributed by atoms with Crippen molar-refractivity contribution < 1.29 is 38.1 Å². The molecule has 0 spiro atoms. The van der Waals surface area contributed by atoms with E-state index in [-0.39, 0.29) is 29.3 Å². The molecule has 0 bridgehead atoms. The third-order valence-electron chi connectivity index (χ3n) is 6.56. The second kappa shape index (κ2) is 14.1. The van der Waals surface area contributed by atoms with Crippen molar-refractivity contribution in [1.82, 2.24) is 0 Å². The van der Waals surface area contributed by atoms with Gasteiger partial charge in [0.15, 0.2) is 11.5 Å². The highest BCUT2D eigenvalue weighted by atomic mass is 16.6. The Labute approximate surface area is 261 Å². The van der Waals surface area contributed by atoms with Gasteiger partial charge in [0.05, 0.1) is 12.2 Å². The van der Waals surface area contributed by atoms with Crippen molar-refractivity contribution in [3.63, 3.8) is 0 Å². The smallest absolute Gasteiger partial charge is 0.338 e. The van der Waals surface area contributed by atoms with Crippen LogP contribution in [-0.4, -0.2) is 30.5 Å². The van der Waals surface area contributed by atoms with E-state index in [2.05, 4.69) is 19.7 Å². The summed E-state index contributed by atoms with van der Waals surface area (Å²) in [6, 6.07) is 23.1. The Kier molecular flexibility index (Phi) is 10.1. The number of fused-ring (bicyclic) bond motifs is 1. The fourth-order valence-electron chi connectivity index (χ4n) is 4.05. The summed E-state index contributed by atoms with van der Waals surface area (Å²) < 4.78 is 21.4. The van der Waals surface area contributed by atoms with E-state index in [1.54, 1.807) is 43.3 Å². The summed E-state index contributed by atoms with van der Waals surface area (Å²) in [5.74, 6) is -1.76. The van der Waals surface area contributed by atoms with Gasteiger partial charge in [0, 0.05) is 23.1 Å². The molecular formula is C37H32O8. The summed E-state index contributed by atoms with van der Waals surface area (Å²) in [7, 11) is 0. The molecule has 0 saturated carbocycles. The Balaban J connectivity index is 1.40. The first kappa shape index (κ1) is 32.2. The second-order valence-corrected chi connectivity index (χ2v) is 10.5. The van der Waals surface area contributed by atoms with Crippen LogP contribution in [0.15, 0.2) is 115 Å². The molecule has 0 fully saturated rings. The van der Waals surface area contributed by atoms with Gasteiger partial charge in [-0.2, -0.15) is 0 Å². The van der Waals surface area contributed by atoms with E-state index in [0.717, 1.165) is 21.9 Å². The van der Waals surface area contributed by atoms with Crippen LogP contribution >= 0.6 is 0 Å². The summed E-state index contributed by atoms with van der Waals surface area (Å²) in [4.78, 5) is 48.7. The summed E-state index contributed by atoms with van der Waals surface area (Å²) in [5.41, 5.74) is 3.68. The summed E-state index contributed by atoms with van der Waals surface area (Å²) in [6.45, 7) is 15.4. The van der Waals surface area contributed by atoms with Crippen LogP contribution in [0.25, 0.3) is 21.9 Å². The number of carbonyl (C=O) groups is 4. The third-order valence-corrected chi connectivity index (χ3v) is 6.56. The molecule has 4 rings (SSSR count). The monoisotopic (exact) mass is 604 g/mol. The molecular weight excluding hydrogens is 572 g/mol. The normalized spacial score (nSPS) is 10.5. The molecule has 0 amide bonds. The van der Waals surface area contributed by atoms with E-state index in [4.69, 9.17) is 18.9 Å². The molecule has 0 aliphatic heterocycles. The number of ether oxygens (including phenoxy) is 4. The Morgan fingerprint density at radius 2 is 1.13 bits per heavy atom. The summed E-state index contributed by atoms with van der Waals surface area (Å²) >= 11 is 0. The van der Waals surface area contributed by atoms with Gasteiger partial charge >= 0.3 is 23.9 Å². The van der Waals surface area contributed by atoms with Crippen LogP contribution in [0.2, 0.25) is 0 Å². The van der Waals surface area contributed by atoms with Crippen molar-refractivity contribution in [2.24, 2.45) is 0 Å². The van der Waals surface area contributed by atoms with E-state index in [0.29, 0.717) is 28.9 Å². The van der Waals surface area contributed by atoms with Crippen molar-refractivity contribution in [3.05, 3.63) is 126 Å². The van der Waals surface area contributed by atoms with E-state index in [9.17, 15) is 19.2 Å². The molecule has 45 heavy (non-hydrogen) atoms. The van der Waals surface area contributed by atoms with Crippen molar-refractivity contribution in [2.45, 2.75) is 27.2 Å². The fraction of sp³-hybridized carbons (Fsp3) is 0.135. The number of carbonyl (C=O) groups excluding carboxylic acids is 4. The molecule has 0 radical (unpaired) electrons. The number of hydrogen-bond acceptors (Lipinski definition) is 8. The molecule has 0 aliphatic carbocycles. The summed E-state index contributed by atoms with van der Waals surface area (Å²) in [5, 5.41) is 1.80. The quantitative estimate of drug-likeness (QED) is 0.0994. The minimum atomic E-state index is -0.672. The van der Waals surface area contributed by atoms with Crippen molar-refractivity contribution >= 4 is 34.6 Å². The van der Waals surface area contributed by atoms with Gasteiger partial charge in [0.2, 0.25) is 0 Å². The molecule has 8 heteroatoms. The molecule has 0 saturated heterocycles. The van der Waals surface area contributed by atoms with E-state index in [1.165, 1.54) is 19.9 Å². The Bertz CT molecular complexity index is 1850. The highest BCUT2D eigenvalue weighted by Gasteiger charge is 2.16. The molecule has 0 aliphatic rings. The molecule has 0 aromatic heterocycles. The predicted octanol–water partition coefficient (Wildman–Crippen LogP) is 7.35. The lowest BCUT2D eigenvalue weighted by molar-refractivity contribution is -0.132. The minimum Gasteiger partial charge on any atom is -0.462 e. The van der Waals surface area contributed by atoms with Gasteiger partial charge in [-0.05, 0) is 90.7 Å². The maximum atomic E-state index is 12.8. The highest BCUT2D eigenvalue weighted by molar-refractivity contribution is 5.97. The Hall–Kier alpha value is -5.76. The largest absolute Gasteiger partial charge is 0.462 e. The molecule has 0 heterocycles. The lowest BCUT2D eigenvalue weighted by Crippen LogP contribution is -2.13. The van der Waals surface area contributed by atoms with Crippen LogP contribution in [0.3, 0.4) is 0 Å². The van der Waals surface area contributed by atoms with Gasteiger partial charge in [-0.15, -0.1) is 0 Å². The molecule has 4 aromatic carbocycles. The summed E-state index contributed by atoms with van der Waals surface area (Å²) in [6.07, 6.45) is 0.320. The van der Waals surface area contributed by atoms with Gasteiger partial charge in [0.1, 0.15) is 5.75 Å². The first-order valence-corrected chi connectivity index (χ1v) is 14.0. The maximum absolute atomic E-state index is 12.8. The molecule has 0 atom stereocenters. The van der Waals surface area contributed by atoms with Crippen LogP contribution in [0, 0.1) is 0 Å². The zero-order chi connectivity index (χ0) is 32.7. The van der Waals surface area contributed by atoms with Crippen molar-refractivity contribution in [3.8, 4) is 28.4 Å². The van der Waals surface area contributed by atoms with Gasteiger partial charge < -0.3 is 18.9 Å². The van der Waals surface area contributed by atoms with Crippen LogP contribution < -0.4 is 14.2 Å². The van der Waals surface area contributed by atoms with Crippen LogP contribution in [0.1, 0.15) is 36.7 Å². The van der Waals surface area contributed by atoms with E-state index in [1.807, 2.05) is 36.4 Å². The Morgan fingerprint density at radius 1 is 0.578 bits per heavy atom. The van der Waals surface area contributed by atoms with Gasteiger partial charge in [-0.25, -0.2) is 19.2 Å². The van der Waals surface area contributed by atoms with Gasteiger partial charge in [-0.3, -0.25) is 0 Å². The molecule has 4 aromatic rings. The first-order valence-electron chi connectivity index (χ1n) is 14.0. The Morgan fingerprint density at radius 3 is 1.78 bits per heavy atom. The zero-order valence-electron chi connectivity index (χ0n) is 25.3. The SMILES string of the molecule is C=C(C)C(=O)Oc1ccc(-c2ccc3cc(C(=O)OCCc4ccc(OC(=O)C(=C)C)c(OC(=O)C(=C)C)c4)ccc3c2)cc1. The first-order chi connectivity index (χ1) is 21.4. The lowest BCUT2D eigenvalue weighted by Gasteiger charge is -2.13. The van der Waals surface area contributed by atoms with Crippen molar-refractivity contribution in [1.29, 1.82) is 0 Å². The number of hydrogen-bond donors (Lipinski definition) is 0. The molecule has 0 N–H and O–H groups in total. The molecule has 0 unspecified atom stereocenters. The number of benzene rings is 4. The van der Waals surface area contributed by atoms with Gasteiger partial charge in [-0.1, -0.05) is 56.1 Å². The topological polar surface area (TPSA) is 105 Å². The standard InChI is InChI=1S/C37H32O8/c1-22(2)34(38)43-31-14-12-26(13-15-31)27-8-9-29-21-30(11-10-28(29)20-27)37(41)42-18-17-25-7-16-32(44-35(39)23(3)4)33(19-25)45-36(40)24(5)6/h7-16,19-21H,1,3,5,17-18H2,2,4,6H3. The van der Waals surface area contributed by atoms with E-state index < -0.39 is 23.9 Å². The third kappa shape index (κ3) is 8.42. The molecule has 8 nitrogen and oxygen atoms in total. The minimum absolute atomic E-state index is 0.0393. The number of rotatable bonds is 11. The average molecular weight is 605 g/mol. The van der Waals surface area contributed by atoms with Gasteiger partial charge in [0.25, 0.3) is 0 Å². The van der Waals surface area contributed by atoms with Crippen LogP contribution in [-0.2, 0) is 25.5 Å². The average Bonchev–Trinajstić information content (AvgIpc) is 3.01. The van der Waals surface area contributed by atoms with Crippen LogP contribution in [0.5, 0.6) is 17.2 Å². The lowest BCUT2D eigenvalue weighted by atomic mass is 10.00. The fourth-order valence-corrected chi connectivity index (χ4v) is 4.05.